The Labute approximate surface area is 203 Å². The number of hydrogen-bond acceptors (Lipinski definition) is 7. The van der Waals surface area contributed by atoms with E-state index in [4.69, 9.17) is 9.47 Å². The van der Waals surface area contributed by atoms with Gasteiger partial charge in [-0.1, -0.05) is 6.08 Å². The molecule has 0 fully saturated rings. The number of hydrogen-bond donors (Lipinski definition) is 0. The molecule has 0 saturated heterocycles. The molecule has 2 heterocycles. The molecule has 0 amide bonds. The van der Waals surface area contributed by atoms with E-state index in [1.54, 1.807) is 68.6 Å². The summed E-state index contributed by atoms with van der Waals surface area (Å²) < 4.78 is 39.5. The molecule has 1 aromatic carbocycles. The van der Waals surface area contributed by atoms with Crippen molar-refractivity contribution in [1.29, 1.82) is 0 Å². The van der Waals surface area contributed by atoms with Gasteiger partial charge in [-0.2, -0.15) is 4.73 Å². The van der Waals surface area contributed by atoms with Gasteiger partial charge in [-0.05, 0) is 68.1 Å². The largest absolute Gasteiger partial charge is 0.619 e. The Morgan fingerprint density at radius 1 is 1.09 bits per heavy atom. The summed E-state index contributed by atoms with van der Waals surface area (Å²) in [5.74, 6) is -0.159. The van der Waals surface area contributed by atoms with E-state index in [0.717, 1.165) is 9.87 Å². The maximum absolute atomic E-state index is 13.6. The van der Waals surface area contributed by atoms with Crippen LogP contribution in [0, 0.1) is 5.21 Å². The molecule has 34 heavy (non-hydrogen) atoms. The average Bonchev–Trinajstić information content (AvgIpc) is 3.24. The van der Waals surface area contributed by atoms with Gasteiger partial charge in [-0.3, -0.25) is 9.10 Å². The smallest absolute Gasteiger partial charge is 0.327 e. The zero-order valence-corrected chi connectivity index (χ0v) is 20.9. The van der Waals surface area contributed by atoms with Crippen LogP contribution in [0.1, 0.15) is 31.2 Å². The number of thiophene rings is 1. The molecule has 10 heteroatoms. The summed E-state index contributed by atoms with van der Waals surface area (Å²) in [5.41, 5.74) is 0.344. The molecule has 0 unspecified atom stereocenters. The molecule has 0 radical (unpaired) electrons. The molecular formula is C24H26N2O6S2. The van der Waals surface area contributed by atoms with Crippen LogP contribution in [0.25, 0.3) is 12.2 Å². The second kappa shape index (κ2) is 10.3. The van der Waals surface area contributed by atoms with Crippen LogP contribution in [0.2, 0.25) is 0 Å². The third kappa shape index (κ3) is 6.36. The van der Waals surface area contributed by atoms with Crippen molar-refractivity contribution in [3.05, 3.63) is 75.9 Å². The van der Waals surface area contributed by atoms with Crippen molar-refractivity contribution in [2.75, 3.05) is 18.0 Å². The summed E-state index contributed by atoms with van der Waals surface area (Å²) in [5, 5.41) is 13.0. The summed E-state index contributed by atoms with van der Waals surface area (Å²) >= 11 is 1.33. The van der Waals surface area contributed by atoms with Crippen LogP contribution in [0.4, 0.5) is 5.69 Å². The van der Waals surface area contributed by atoms with E-state index < -0.39 is 28.1 Å². The number of carbonyl (C=O) groups excluding carboxylic acids is 1. The fourth-order valence-corrected chi connectivity index (χ4v) is 5.29. The number of rotatable bonds is 8. The van der Waals surface area contributed by atoms with E-state index in [1.165, 1.54) is 43.0 Å². The predicted molar refractivity (Wildman–Crippen MR) is 132 cm³/mol. The van der Waals surface area contributed by atoms with Crippen LogP contribution in [-0.4, -0.2) is 33.6 Å². The number of aromatic nitrogens is 1. The monoisotopic (exact) mass is 502 g/mol. The van der Waals surface area contributed by atoms with Crippen LogP contribution >= 0.6 is 11.3 Å². The minimum Gasteiger partial charge on any atom is -0.619 e. The molecule has 3 aromatic rings. The maximum atomic E-state index is 13.6. The Morgan fingerprint density at radius 3 is 2.32 bits per heavy atom. The number of anilines is 1. The molecule has 0 saturated carbocycles. The van der Waals surface area contributed by atoms with Crippen molar-refractivity contribution in [1.82, 2.24) is 0 Å². The number of nitrogens with zero attached hydrogens (tertiary/aromatic N) is 2. The summed E-state index contributed by atoms with van der Waals surface area (Å²) in [4.78, 5) is 13.3. The lowest BCUT2D eigenvalue weighted by molar-refractivity contribution is -0.605. The highest BCUT2D eigenvalue weighted by atomic mass is 32.2. The zero-order chi connectivity index (χ0) is 24.9. The molecule has 0 atom stereocenters. The number of carbonyl (C=O) groups is 1. The Kier molecular flexibility index (Phi) is 7.63. The fraction of sp³-hybridized carbons (Fsp3) is 0.250. The first kappa shape index (κ1) is 25.3. The van der Waals surface area contributed by atoms with Gasteiger partial charge >= 0.3 is 5.97 Å². The molecule has 2 aromatic heterocycles. The first-order chi connectivity index (χ1) is 16.0. The van der Waals surface area contributed by atoms with E-state index in [-0.39, 0.29) is 4.90 Å². The lowest BCUT2D eigenvalue weighted by Gasteiger charge is -2.26. The second-order valence-electron chi connectivity index (χ2n) is 8.27. The molecular weight excluding hydrogens is 476 g/mol. The Balaban J connectivity index is 2.01. The number of esters is 1. The van der Waals surface area contributed by atoms with Gasteiger partial charge in [0.1, 0.15) is 17.9 Å². The average molecular weight is 503 g/mol. The first-order valence-electron chi connectivity index (χ1n) is 10.3. The molecule has 8 nitrogen and oxygen atoms in total. The highest BCUT2D eigenvalue weighted by molar-refractivity contribution is 7.92. The van der Waals surface area contributed by atoms with Gasteiger partial charge in [0.2, 0.25) is 0 Å². The van der Waals surface area contributed by atoms with Gasteiger partial charge in [0, 0.05) is 12.1 Å². The predicted octanol–water partition coefficient (Wildman–Crippen LogP) is 4.10. The van der Waals surface area contributed by atoms with Crippen molar-refractivity contribution >= 4 is 45.2 Å². The SMILES string of the molecule is COc1ccc(S(=O)(=O)N(CC(=O)OC(C)(C)C)c2ccsc2/C=C/c2cc[n+]([O-])cc2)cc1. The van der Waals surface area contributed by atoms with Gasteiger partial charge in [0.15, 0.2) is 12.4 Å². The van der Waals surface area contributed by atoms with E-state index >= 15 is 0 Å². The standard InChI is InChI=1S/C24H26N2O6S2/c1-24(2,3)32-23(27)17-26(34(29,30)20-8-6-19(31-4)7-9-20)21-13-16-33-22(21)10-5-18-11-14-25(28)15-12-18/h5-16H,17H2,1-4H3/b10-5+. The van der Waals surface area contributed by atoms with Crippen LogP contribution < -0.4 is 13.8 Å². The van der Waals surface area contributed by atoms with E-state index in [2.05, 4.69) is 0 Å². The Bertz CT molecular complexity index is 1260. The third-order valence-electron chi connectivity index (χ3n) is 4.54. The number of pyridine rings is 1. The molecule has 0 aliphatic heterocycles. The van der Waals surface area contributed by atoms with Crippen molar-refractivity contribution in [2.45, 2.75) is 31.3 Å². The van der Waals surface area contributed by atoms with Crippen molar-refractivity contribution in [3.8, 4) is 5.75 Å². The van der Waals surface area contributed by atoms with Gasteiger partial charge in [-0.25, -0.2) is 8.42 Å². The fourth-order valence-electron chi connectivity index (χ4n) is 3.02. The first-order valence-corrected chi connectivity index (χ1v) is 12.6. The molecule has 3 rings (SSSR count). The van der Waals surface area contributed by atoms with Crippen molar-refractivity contribution < 1.29 is 27.4 Å². The normalized spacial score (nSPS) is 12.0. The number of benzene rings is 1. The van der Waals surface area contributed by atoms with E-state index in [0.29, 0.717) is 21.0 Å². The van der Waals surface area contributed by atoms with E-state index in [1.807, 2.05) is 0 Å². The molecule has 0 N–H and O–H groups in total. The summed E-state index contributed by atoms with van der Waals surface area (Å²) in [6, 6.07) is 10.9. The molecule has 0 aliphatic carbocycles. The topological polar surface area (TPSA) is 99.9 Å². The van der Waals surface area contributed by atoms with Gasteiger partial charge in [-0.15, -0.1) is 11.3 Å². The number of methoxy groups -OCH3 is 1. The van der Waals surface area contributed by atoms with Gasteiger partial charge in [0.25, 0.3) is 10.0 Å². The van der Waals surface area contributed by atoms with Gasteiger partial charge in [0.05, 0.1) is 22.6 Å². The van der Waals surface area contributed by atoms with Crippen LogP contribution in [-0.2, 0) is 19.6 Å². The number of sulfonamides is 1. The lowest BCUT2D eigenvalue weighted by Crippen LogP contribution is -2.39. The Hall–Kier alpha value is -3.37. The lowest BCUT2D eigenvalue weighted by atomic mass is 10.2. The van der Waals surface area contributed by atoms with Crippen LogP contribution in [0.15, 0.2) is 65.1 Å². The van der Waals surface area contributed by atoms with Crippen molar-refractivity contribution in [3.63, 3.8) is 0 Å². The highest BCUT2D eigenvalue weighted by Gasteiger charge is 2.31. The highest BCUT2D eigenvalue weighted by Crippen LogP contribution is 2.33. The second-order valence-corrected chi connectivity index (χ2v) is 11.1. The van der Waals surface area contributed by atoms with Crippen LogP contribution in [0.3, 0.4) is 0 Å². The molecule has 0 aliphatic rings. The van der Waals surface area contributed by atoms with Crippen molar-refractivity contribution in [2.24, 2.45) is 0 Å². The van der Waals surface area contributed by atoms with E-state index in [9.17, 15) is 18.4 Å². The van der Waals surface area contributed by atoms with Crippen LogP contribution in [0.5, 0.6) is 5.75 Å². The summed E-state index contributed by atoms with van der Waals surface area (Å²) in [6.07, 6.45) is 6.26. The molecule has 0 spiro atoms. The quantitative estimate of drug-likeness (QED) is 0.261. The van der Waals surface area contributed by atoms with Gasteiger partial charge < -0.3 is 14.7 Å². The molecule has 180 valence electrons. The maximum Gasteiger partial charge on any atom is 0.327 e. The summed E-state index contributed by atoms with van der Waals surface area (Å²) in [6.45, 7) is 4.66. The molecule has 0 bridgehead atoms. The Morgan fingerprint density at radius 2 is 1.74 bits per heavy atom. The minimum absolute atomic E-state index is 0.0149. The summed E-state index contributed by atoms with van der Waals surface area (Å²) in [7, 11) is -2.61. The third-order valence-corrected chi connectivity index (χ3v) is 7.18. The zero-order valence-electron chi connectivity index (χ0n) is 19.3. The minimum atomic E-state index is -4.11. The number of ether oxygens (including phenoxy) is 2.